The van der Waals surface area contributed by atoms with Crippen molar-refractivity contribution in [3.8, 4) is 0 Å². The number of allylic oxidation sites excluding steroid dienone is 1. The first-order valence-electron chi connectivity index (χ1n) is 3.94. The molecule has 1 aromatic rings. The van der Waals surface area contributed by atoms with Crippen LogP contribution in [0.4, 0.5) is 0 Å². The van der Waals surface area contributed by atoms with E-state index in [1.54, 1.807) is 0 Å². The van der Waals surface area contributed by atoms with Crippen molar-refractivity contribution in [2.45, 2.75) is 20.8 Å². The Morgan fingerprint density at radius 2 is 1.82 bits per heavy atom. The minimum absolute atomic E-state index is 1.29. The average Bonchev–Trinajstić information content (AvgIpc) is 1.98. The van der Waals surface area contributed by atoms with Crippen molar-refractivity contribution in [2.24, 2.45) is 0 Å². The Bertz CT molecular complexity index is 269. The van der Waals surface area contributed by atoms with Crippen LogP contribution in [0, 0.1) is 13.8 Å². The number of hydrogen-bond acceptors (Lipinski definition) is 0. The van der Waals surface area contributed by atoms with Gasteiger partial charge in [-0.05, 0) is 37.5 Å². The highest BCUT2D eigenvalue weighted by atomic mass is 14.0. The predicted octanol–water partition coefficient (Wildman–Crippen LogP) is 3.34. The van der Waals surface area contributed by atoms with Gasteiger partial charge in [0.25, 0.3) is 0 Å². The van der Waals surface area contributed by atoms with E-state index in [9.17, 15) is 0 Å². The molecule has 0 aliphatic heterocycles. The van der Waals surface area contributed by atoms with Crippen LogP contribution in [0.15, 0.2) is 24.3 Å². The molecule has 0 nitrogen and oxygen atoms in total. The molecule has 0 aliphatic rings. The molecule has 0 N–H and O–H groups in total. The van der Waals surface area contributed by atoms with E-state index in [1.165, 1.54) is 16.7 Å². The fraction of sp³-hybridized carbons (Fsp3) is 0.273. The maximum Gasteiger partial charge on any atom is -0.0257 e. The van der Waals surface area contributed by atoms with Crippen LogP contribution in [0.2, 0.25) is 0 Å². The number of aryl methyl sites for hydroxylation is 2. The van der Waals surface area contributed by atoms with E-state index in [2.05, 4.69) is 44.2 Å². The molecule has 58 valence electrons. The summed E-state index contributed by atoms with van der Waals surface area (Å²) < 4.78 is 0. The van der Waals surface area contributed by atoms with Gasteiger partial charge in [-0.2, -0.15) is 0 Å². The second-order valence-electron chi connectivity index (χ2n) is 2.84. The molecule has 1 aromatic carbocycles. The Kier molecular flexibility index (Phi) is 2.48. The van der Waals surface area contributed by atoms with Crippen molar-refractivity contribution < 1.29 is 0 Å². The van der Waals surface area contributed by atoms with Crippen LogP contribution < -0.4 is 0 Å². The second-order valence-corrected chi connectivity index (χ2v) is 2.84. The summed E-state index contributed by atoms with van der Waals surface area (Å²) in [5.74, 6) is 0. The molecule has 0 spiro atoms. The number of benzene rings is 1. The first-order valence-corrected chi connectivity index (χ1v) is 3.94. The Morgan fingerprint density at radius 1 is 1.09 bits per heavy atom. The lowest BCUT2D eigenvalue weighted by molar-refractivity contribution is 1.33. The van der Waals surface area contributed by atoms with Gasteiger partial charge in [0.15, 0.2) is 0 Å². The van der Waals surface area contributed by atoms with Crippen molar-refractivity contribution >= 4 is 6.08 Å². The van der Waals surface area contributed by atoms with Crippen LogP contribution in [0.1, 0.15) is 23.6 Å². The zero-order valence-electron chi connectivity index (χ0n) is 7.39. The zero-order valence-corrected chi connectivity index (χ0v) is 7.39. The lowest BCUT2D eigenvalue weighted by Crippen LogP contribution is -1.80. The van der Waals surface area contributed by atoms with E-state index in [4.69, 9.17) is 0 Å². The normalized spacial score (nSPS) is 10.8. The topological polar surface area (TPSA) is 0 Å². The third-order valence-electron chi connectivity index (χ3n) is 1.89. The van der Waals surface area contributed by atoms with Gasteiger partial charge in [0.2, 0.25) is 0 Å². The third kappa shape index (κ3) is 1.94. The predicted molar refractivity (Wildman–Crippen MR) is 50.6 cm³/mol. The molecule has 0 bridgehead atoms. The Labute approximate surface area is 68.6 Å². The first kappa shape index (κ1) is 8.06. The second kappa shape index (κ2) is 3.38. The summed E-state index contributed by atoms with van der Waals surface area (Å²) in [7, 11) is 0. The van der Waals surface area contributed by atoms with E-state index >= 15 is 0 Å². The van der Waals surface area contributed by atoms with Crippen molar-refractivity contribution in [1.29, 1.82) is 0 Å². The average molecular weight is 146 g/mol. The Hall–Kier alpha value is -1.04. The molecular weight excluding hydrogens is 132 g/mol. The smallest absolute Gasteiger partial charge is 0.0257 e. The molecule has 0 radical (unpaired) electrons. The number of hydrogen-bond donors (Lipinski definition) is 0. The molecule has 0 aromatic heterocycles. The van der Waals surface area contributed by atoms with Crippen molar-refractivity contribution in [3.63, 3.8) is 0 Å². The number of rotatable bonds is 1. The minimum Gasteiger partial charge on any atom is -0.0871 e. The molecule has 0 saturated heterocycles. The van der Waals surface area contributed by atoms with Crippen LogP contribution in [-0.4, -0.2) is 0 Å². The maximum absolute atomic E-state index is 2.20. The highest BCUT2D eigenvalue weighted by Gasteiger charge is 1.91. The van der Waals surface area contributed by atoms with Crippen molar-refractivity contribution in [2.75, 3.05) is 0 Å². The van der Waals surface area contributed by atoms with E-state index < -0.39 is 0 Å². The standard InChI is InChI=1S/C11H14/c1-4-5-11-7-6-9(2)10(3)8-11/h4-8H,1-3H3/b5-4+. The van der Waals surface area contributed by atoms with Gasteiger partial charge in [0.05, 0.1) is 0 Å². The summed E-state index contributed by atoms with van der Waals surface area (Å²) in [5, 5.41) is 0. The van der Waals surface area contributed by atoms with Gasteiger partial charge >= 0.3 is 0 Å². The molecule has 0 atom stereocenters. The molecule has 0 unspecified atom stereocenters. The summed E-state index contributed by atoms with van der Waals surface area (Å²) in [6.45, 7) is 6.31. The highest BCUT2D eigenvalue weighted by molar-refractivity contribution is 5.51. The molecule has 0 fully saturated rings. The summed E-state index contributed by atoms with van der Waals surface area (Å²) in [6.07, 6.45) is 4.18. The highest BCUT2D eigenvalue weighted by Crippen LogP contribution is 2.10. The van der Waals surface area contributed by atoms with Gasteiger partial charge in [0, 0.05) is 0 Å². The van der Waals surface area contributed by atoms with Gasteiger partial charge < -0.3 is 0 Å². The van der Waals surface area contributed by atoms with E-state index in [-0.39, 0.29) is 0 Å². The Morgan fingerprint density at radius 3 is 2.36 bits per heavy atom. The molecule has 0 saturated carbocycles. The summed E-state index contributed by atoms with van der Waals surface area (Å²) >= 11 is 0. The van der Waals surface area contributed by atoms with Crippen molar-refractivity contribution in [1.82, 2.24) is 0 Å². The van der Waals surface area contributed by atoms with E-state index in [0.717, 1.165) is 0 Å². The van der Waals surface area contributed by atoms with Gasteiger partial charge in [-0.15, -0.1) is 0 Å². The lowest BCUT2D eigenvalue weighted by atomic mass is 10.1. The van der Waals surface area contributed by atoms with Crippen LogP contribution in [0.25, 0.3) is 6.08 Å². The van der Waals surface area contributed by atoms with Crippen LogP contribution in [-0.2, 0) is 0 Å². The largest absolute Gasteiger partial charge is 0.0871 e. The maximum atomic E-state index is 2.20. The van der Waals surface area contributed by atoms with Crippen LogP contribution >= 0.6 is 0 Å². The van der Waals surface area contributed by atoms with E-state index in [0.29, 0.717) is 0 Å². The van der Waals surface area contributed by atoms with Gasteiger partial charge in [0.1, 0.15) is 0 Å². The zero-order chi connectivity index (χ0) is 8.27. The Balaban J connectivity index is 3.05. The quantitative estimate of drug-likeness (QED) is 0.570. The summed E-state index contributed by atoms with van der Waals surface area (Å²) in [4.78, 5) is 0. The third-order valence-corrected chi connectivity index (χ3v) is 1.89. The van der Waals surface area contributed by atoms with Gasteiger partial charge in [-0.1, -0.05) is 30.4 Å². The van der Waals surface area contributed by atoms with Crippen LogP contribution in [0.5, 0.6) is 0 Å². The van der Waals surface area contributed by atoms with Crippen LogP contribution in [0.3, 0.4) is 0 Å². The van der Waals surface area contributed by atoms with Crippen molar-refractivity contribution in [3.05, 3.63) is 41.0 Å². The van der Waals surface area contributed by atoms with Gasteiger partial charge in [-0.3, -0.25) is 0 Å². The molecule has 11 heavy (non-hydrogen) atoms. The molecule has 0 heteroatoms. The molecule has 1 rings (SSSR count). The summed E-state index contributed by atoms with van der Waals surface area (Å²) in [5.41, 5.74) is 4.01. The molecule has 0 aliphatic carbocycles. The van der Waals surface area contributed by atoms with Gasteiger partial charge in [-0.25, -0.2) is 0 Å². The van der Waals surface area contributed by atoms with E-state index in [1.807, 2.05) is 6.92 Å². The molecular formula is C11H14. The lowest BCUT2D eigenvalue weighted by Gasteiger charge is -1.99. The monoisotopic (exact) mass is 146 g/mol. The summed E-state index contributed by atoms with van der Waals surface area (Å²) in [6, 6.07) is 6.50. The fourth-order valence-electron chi connectivity index (χ4n) is 1.06. The fourth-order valence-corrected chi connectivity index (χ4v) is 1.06. The minimum atomic E-state index is 1.29. The molecule has 0 heterocycles. The SMILES string of the molecule is C/C=C/c1ccc(C)c(C)c1. The first-order chi connectivity index (χ1) is 5.24. The molecule has 0 amide bonds.